The minimum Gasteiger partial charge on any atom is -0.285 e. The van der Waals surface area contributed by atoms with E-state index in [2.05, 4.69) is 38.8 Å². The van der Waals surface area contributed by atoms with Crippen molar-refractivity contribution in [1.29, 1.82) is 0 Å². The number of nitrogens with zero attached hydrogens (tertiary/aromatic N) is 1. The second kappa shape index (κ2) is 4.22. The maximum absolute atomic E-state index is 4.50. The molecule has 0 bridgehead atoms. The van der Waals surface area contributed by atoms with Crippen LogP contribution in [0, 0.1) is 0 Å². The van der Waals surface area contributed by atoms with Gasteiger partial charge in [0.15, 0.2) is 0 Å². The molecule has 0 saturated carbocycles. The summed E-state index contributed by atoms with van der Waals surface area (Å²) in [5, 5.41) is 6.65. The van der Waals surface area contributed by atoms with E-state index in [1.807, 2.05) is 12.4 Å². The van der Waals surface area contributed by atoms with Crippen LogP contribution in [0.1, 0.15) is 26.3 Å². The van der Waals surface area contributed by atoms with Crippen molar-refractivity contribution in [2.45, 2.75) is 33.0 Å². The molecule has 0 aliphatic rings. The molecule has 1 aromatic heterocycles. The molecule has 1 heterocycles. The molecule has 0 aliphatic carbocycles. The molecule has 0 atom stereocenters. The van der Waals surface area contributed by atoms with E-state index in [4.69, 9.17) is 0 Å². The molecule has 3 heteroatoms. The van der Waals surface area contributed by atoms with Crippen LogP contribution in [0.4, 0.5) is 0 Å². The van der Waals surface area contributed by atoms with Crippen LogP contribution in [0.25, 0.3) is 0 Å². The predicted molar refractivity (Wildman–Crippen MR) is 48.9 cm³/mol. The molecule has 0 unspecified atom stereocenters. The Hall–Kier alpha value is -0.725. The maximum Gasteiger partial charge on any atom is 0.0606 e. The van der Waals surface area contributed by atoms with Crippen LogP contribution in [0.3, 0.4) is 0 Å². The number of aromatic nitrogens is 2. The minimum atomic E-state index is 0.229. The SMILES string of the molecule is CC(C)(C)c1cn[nH]c1.[B]C. The van der Waals surface area contributed by atoms with Gasteiger partial charge in [0.1, 0.15) is 0 Å². The minimum absolute atomic E-state index is 0.229. The van der Waals surface area contributed by atoms with Crippen LogP contribution in [-0.4, -0.2) is 18.0 Å². The zero-order valence-corrected chi connectivity index (χ0v) is 7.68. The van der Waals surface area contributed by atoms with Gasteiger partial charge < -0.3 is 0 Å². The first kappa shape index (κ1) is 10.3. The topological polar surface area (TPSA) is 28.7 Å². The van der Waals surface area contributed by atoms with Gasteiger partial charge in [-0.1, -0.05) is 27.6 Å². The maximum atomic E-state index is 4.50. The van der Waals surface area contributed by atoms with Gasteiger partial charge in [-0.3, -0.25) is 5.10 Å². The molecular formula is C8H15BN2. The summed E-state index contributed by atoms with van der Waals surface area (Å²) in [6.07, 6.45) is 3.79. The van der Waals surface area contributed by atoms with Crippen molar-refractivity contribution >= 4 is 7.85 Å². The summed E-state index contributed by atoms with van der Waals surface area (Å²) in [5.41, 5.74) is 1.48. The zero-order chi connectivity index (χ0) is 8.91. The third-order valence-electron chi connectivity index (χ3n) is 1.36. The normalized spacial score (nSPS) is 10.2. The Bertz CT molecular complexity index is 174. The molecule has 60 valence electrons. The van der Waals surface area contributed by atoms with Gasteiger partial charge in [0.2, 0.25) is 0 Å². The molecule has 2 nitrogen and oxygen atoms in total. The Morgan fingerprint density at radius 3 is 2.09 bits per heavy atom. The van der Waals surface area contributed by atoms with E-state index in [0.717, 1.165) is 0 Å². The molecule has 0 saturated heterocycles. The third-order valence-corrected chi connectivity index (χ3v) is 1.36. The Labute approximate surface area is 69.8 Å². The number of aromatic amines is 1. The lowest BCUT2D eigenvalue weighted by Crippen LogP contribution is -2.09. The first-order valence-corrected chi connectivity index (χ1v) is 3.68. The lowest BCUT2D eigenvalue weighted by Gasteiger charge is -2.14. The van der Waals surface area contributed by atoms with E-state index in [-0.39, 0.29) is 5.41 Å². The van der Waals surface area contributed by atoms with Crippen molar-refractivity contribution in [3.05, 3.63) is 18.0 Å². The number of nitrogens with one attached hydrogen (secondary N) is 1. The largest absolute Gasteiger partial charge is 0.285 e. The Balaban J connectivity index is 0.000000461. The summed E-state index contributed by atoms with van der Waals surface area (Å²) < 4.78 is 0. The molecule has 0 aromatic carbocycles. The molecule has 0 spiro atoms. The van der Waals surface area contributed by atoms with Gasteiger partial charge in [-0.05, 0) is 11.0 Å². The fourth-order valence-electron chi connectivity index (χ4n) is 0.661. The molecule has 1 rings (SSSR count). The van der Waals surface area contributed by atoms with Gasteiger partial charge in [-0.15, -0.1) is 0 Å². The third kappa shape index (κ3) is 3.26. The number of H-pyrrole nitrogens is 1. The second-order valence-electron chi connectivity index (χ2n) is 3.24. The molecule has 11 heavy (non-hydrogen) atoms. The fourth-order valence-corrected chi connectivity index (χ4v) is 0.661. The van der Waals surface area contributed by atoms with Gasteiger partial charge in [0.25, 0.3) is 0 Å². The predicted octanol–water partition coefficient (Wildman–Crippen LogP) is 1.91. The van der Waals surface area contributed by atoms with Crippen molar-refractivity contribution in [2.24, 2.45) is 0 Å². The Morgan fingerprint density at radius 2 is 1.91 bits per heavy atom. The summed E-state index contributed by atoms with van der Waals surface area (Å²) in [4.78, 5) is 0. The van der Waals surface area contributed by atoms with Gasteiger partial charge >= 0.3 is 0 Å². The van der Waals surface area contributed by atoms with Crippen molar-refractivity contribution in [2.75, 3.05) is 0 Å². The lowest BCUT2D eigenvalue weighted by molar-refractivity contribution is 0.590. The first-order valence-electron chi connectivity index (χ1n) is 3.68. The summed E-state index contributed by atoms with van der Waals surface area (Å²) >= 11 is 0. The summed E-state index contributed by atoms with van der Waals surface area (Å²) in [5.74, 6) is 0. The van der Waals surface area contributed by atoms with Crippen LogP contribution in [0.15, 0.2) is 12.4 Å². The molecule has 0 fully saturated rings. The van der Waals surface area contributed by atoms with E-state index in [1.54, 1.807) is 0 Å². The fraction of sp³-hybridized carbons (Fsp3) is 0.625. The van der Waals surface area contributed by atoms with Gasteiger partial charge in [0.05, 0.1) is 14.0 Å². The highest BCUT2D eigenvalue weighted by Gasteiger charge is 2.13. The van der Waals surface area contributed by atoms with Gasteiger partial charge in [-0.2, -0.15) is 5.10 Å². The average molecular weight is 150 g/mol. The summed E-state index contributed by atoms with van der Waals surface area (Å²) in [6, 6.07) is 0. The van der Waals surface area contributed by atoms with Crippen LogP contribution >= 0.6 is 0 Å². The highest BCUT2D eigenvalue weighted by atomic mass is 15.1. The standard InChI is InChI=1S/C7H12N2.CH3B/c1-7(2,3)6-4-8-9-5-6;1-2/h4-5H,1-3H3,(H,8,9);1H3. The van der Waals surface area contributed by atoms with E-state index in [9.17, 15) is 0 Å². The number of hydrogen-bond donors (Lipinski definition) is 1. The molecule has 2 radical (unpaired) electrons. The zero-order valence-electron chi connectivity index (χ0n) is 7.68. The van der Waals surface area contributed by atoms with Crippen molar-refractivity contribution in [1.82, 2.24) is 10.2 Å². The van der Waals surface area contributed by atoms with Crippen LogP contribution in [0.5, 0.6) is 0 Å². The van der Waals surface area contributed by atoms with Crippen LogP contribution < -0.4 is 0 Å². The summed E-state index contributed by atoms with van der Waals surface area (Å²) in [7, 11) is 4.50. The molecule has 0 amide bonds. The van der Waals surface area contributed by atoms with Gasteiger partial charge in [0, 0.05) is 6.20 Å². The summed E-state index contributed by atoms with van der Waals surface area (Å²) in [6.45, 7) is 7.99. The van der Waals surface area contributed by atoms with Crippen LogP contribution in [0.2, 0.25) is 6.82 Å². The van der Waals surface area contributed by atoms with E-state index in [0.29, 0.717) is 0 Å². The first-order chi connectivity index (χ1) is 5.11. The van der Waals surface area contributed by atoms with Crippen molar-refractivity contribution < 1.29 is 0 Å². The smallest absolute Gasteiger partial charge is 0.0606 e. The highest BCUT2D eigenvalue weighted by Crippen LogP contribution is 2.19. The van der Waals surface area contributed by atoms with Gasteiger partial charge in [-0.25, -0.2) is 0 Å². The van der Waals surface area contributed by atoms with E-state index in [1.165, 1.54) is 12.4 Å². The van der Waals surface area contributed by atoms with E-state index < -0.39 is 0 Å². The van der Waals surface area contributed by atoms with Crippen molar-refractivity contribution in [3.63, 3.8) is 0 Å². The molecule has 1 N–H and O–H groups in total. The Kier molecular flexibility index (Phi) is 3.94. The monoisotopic (exact) mass is 150 g/mol. The molecule has 0 aliphatic heterocycles. The second-order valence-corrected chi connectivity index (χ2v) is 3.24. The quantitative estimate of drug-likeness (QED) is 0.562. The van der Waals surface area contributed by atoms with Crippen molar-refractivity contribution in [3.8, 4) is 0 Å². The lowest BCUT2D eigenvalue weighted by atomic mass is 9.90. The number of rotatable bonds is 0. The highest BCUT2D eigenvalue weighted by molar-refractivity contribution is 6.05. The molecular weight excluding hydrogens is 135 g/mol. The molecule has 1 aromatic rings. The van der Waals surface area contributed by atoms with Crippen LogP contribution in [-0.2, 0) is 5.41 Å². The van der Waals surface area contributed by atoms with E-state index >= 15 is 0 Å². The number of hydrogen-bond acceptors (Lipinski definition) is 1. The average Bonchev–Trinajstić information content (AvgIpc) is 2.40. The Morgan fingerprint density at radius 1 is 1.36 bits per heavy atom.